The van der Waals surface area contributed by atoms with E-state index in [1.165, 1.54) is 5.56 Å². The molecule has 0 spiro atoms. The van der Waals surface area contributed by atoms with E-state index in [1.54, 1.807) is 7.05 Å². The number of ether oxygens (including phenoxy) is 2. The summed E-state index contributed by atoms with van der Waals surface area (Å²) in [6, 6.07) is 8.46. The third kappa shape index (κ3) is 9.11. The Balaban J connectivity index is 0.00000364. The number of hydrogen-bond acceptors (Lipinski definition) is 3. The highest BCUT2D eigenvalue weighted by Crippen LogP contribution is 2.25. The molecule has 1 unspecified atom stereocenters. The van der Waals surface area contributed by atoms with Crippen LogP contribution in [0.3, 0.4) is 0 Å². The quantitative estimate of drug-likeness (QED) is 0.210. The van der Waals surface area contributed by atoms with Crippen molar-refractivity contribution in [3.8, 4) is 0 Å². The highest BCUT2D eigenvalue weighted by atomic mass is 127. The molecule has 1 aliphatic rings. The number of aliphatic imine (C=N–C) groups is 1. The molecule has 2 N–H and O–H groups in total. The smallest absolute Gasteiger partial charge is 0.191 e. The third-order valence-electron chi connectivity index (χ3n) is 4.66. The molecule has 1 atom stereocenters. The summed E-state index contributed by atoms with van der Waals surface area (Å²) in [5.74, 6) is 1.41. The molecule has 27 heavy (non-hydrogen) atoms. The Hall–Kier alpha value is -0.380. The summed E-state index contributed by atoms with van der Waals surface area (Å²) in [5, 5.41) is 6.79. The van der Waals surface area contributed by atoms with Crippen LogP contribution in [0.5, 0.6) is 0 Å². The summed E-state index contributed by atoms with van der Waals surface area (Å²) in [6.45, 7) is 9.43. The Morgan fingerprint density at radius 3 is 2.85 bits per heavy atom. The van der Waals surface area contributed by atoms with Crippen LogP contribution in [0.4, 0.5) is 0 Å². The molecule has 1 aromatic rings. The second-order valence-corrected chi connectivity index (χ2v) is 8.32. The number of rotatable bonds is 9. The fourth-order valence-corrected chi connectivity index (χ4v) is 3.28. The van der Waals surface area contributed by atoms with Crippen LogP contribution in [0.1, 0.15) is 32.3 Å². The number of nitrogens with zero attached hydrogens (tertiary/aromatic N) is 1. The minimum atomic E-state index is 0. The molecule has 1 fully saturated rings. The van der Waals surface area contributed by atoms with Gasteiger partial charge in [-0.2, -0.15) is 0 Å². The van der Waals surface area contributed by atoms with Crippen molar-refractivity contribution < 1.29 is 9.47 Å². The number of benzene rings is 1. The van der Waals surface area contributed by atoms with Gasteiger partial charge in [-0.15, -0.1) is 24.0 Å². The van der Waals surface area contributed by atoms with Gasteiger partial charge in [0.05, 0.1) is 13.2 Å². The maximum Gasteiger partial charge on any atom is 0.191 e. The monoisotopic (exact) mass is 553 g/mol. The van der Waals surface area contributed by atoms with Crippen molar-refractivity contribution in [2.45, 2.75) is 32.1 Å². The molecule has 2 rings (SSSR count). The maximum atomic E-state index is 5.73. The zero-order valence-corrected chi connectivity index (χ0v) is 20.5. The molecule has 1 aromatic carbocycles. The number of hydrogen-bond donors (Lipinski definition) is 2. The van der Waals surface area contributed by atoms with Gasteiger partial charge in [0.15, 0.2) is 5.96 Å². The van der Waals surface area contributed by atoms with Crippen LogP contribution in [-0.4, -0.2) is 52.5 Å². The van der Waals surface area contributed by atoms with E-state index in [-0.39, 0.29) is 29.4 Å². The maximum absolute atomic E-state index is 5.73. The van der Waals surface area contributed by atoms with E-state index in [2.05, 4.69) is 69.7 Å². The van der Waals surface area contributed by atoms with Gasteiger partial charge in [-0.25, -0.2) is 0 Å². The van der Waals surface area contributed by atoms with E-state index >= 15 is 0 Å². The van der Waals surface area contributed by atoms with Crippen molar-refractivity contribution in [2.75, 3.05) is 46.6 Å². The van der Waals surface area contributed by atoms with Crippen molar-refractivity contribution >= 4 is 45.9 Å². The zero-order chi connectivity index (χ0) is 18.8. The predicted octanol–water partition coefficient (Wildman–Crippen LogP) is 3.95. The van der Waals surface area contributed by atoms with Gasteiger partial charge in [0, 0.05) is 49.2 Å². The van der Waals surface area contributed by atoms with E-state index < -0.39 is 0 Å². The SMILES string of the molecule is CN=C(NCCCOCC1CCOC1)NCC(C)(C)c1cccc(Br)c1.I. The van der Waals surface area contributed by atoms with Crippen LogP contribution in [0, 0.1) is 5.92 Å². The summed E-state index contributed by atoms with van der Waals surface area (Å²) in [6.07, 6.45) is 2.09. The van der Waals surface area contributed by atoms with Crippen LogP contribution in [-0.2, 0) is 14.9 Å². The van der Waals surface area contributed by atoms with Gasteiger partial charge in [-0.3, -0.25) is 4.99 Å². The lowest BCUT2D eigenvalue weighted by molar-refractivity contribution is 0.0888. The summed E-state index contributed by atoms with van der Waals surface area (Å²) in [7, 11) is 1.80. The van der Waals surface area contributed by atoms with Crippen molar-refractivity contribution in [3.05, 3.63) is 34.3 Å². The van der Waals surface area contributed by atoms with Crippen LogP contribution in [0.25, 0.3) is 0 Å². The molecule has 0 bridgehead atoms. The Morgan fingerprint density at radius 1 is 1.37 bits per heavy atom. The predicted molar refractivity (Wildman–Crippen MR) is 126 cm³/mol. The van der Waals surface area contributed by atoms with Gasteiger partial charge in [-0.05, 0) is 30.5 Å². The molecular weight excluding hydrogens is 521 g/mol. The second kappa shape index (κ2) is 13.0. The Bertz CT molecular complexity index is 578. The first-order chi connectivity index (χ1) is 12.5. The molecule has 7 heteroatoms. The van der Waals surface area contributed by atoms with Gasteiger partial charge in [-0.1, -0.05) is 41.9 Å². The Kier molecular flexibility index (Phi) is 11.8. The molecule has 0 radical (unpaired) electrons. The number of guanidine groups is 1. The average molecular weight is 554 g/mol. The van der Waals surface area contributed by atoms with Crippen LogP contribution < -0.4 is 10.6 Å². The second-order valence-electron chi connectivity index (χ2n) is 7.40. The topological polar surface area (TPSA) is 54.9 Å². The summed E-state index contributed by atoms with van der Waals surface area (Å²) >= 11 is 3.55. The van der Waals surface area contributed by atoms with Gasteiger partial charge in [0.2, 0.25) is 0 Å². The molecule has 0 amide bonds. The number of nitrogens with one attached hydrogen (secondary N) is 2. The molecule has 1 saturated heterocycles. The van der Waals surface area contributed by atoms with Crippen LogP contribution >= 0.6 is 39.9 Å². The van der Waals surface area contributed by atoms with Crippen molar-refractivity contribution in [1.82, 2.24) is 10.6 Å². The highest BCUT2D eigenvalue weighted by Gasteiger charge is 2.21. The molecule has 1 aliphatic heterocycles. The van der Waals surface area contributed by atoms with Crippen molar-refractivity contribution in [1.29, 1.82) is 0 Å². The standard InChI is InChI=1S/C20H32BrN3O2.HI/c1-20(2,17-6-4-7-18(21)12-17)15-24-19(22-3)23-9-5-10-25-13-16-8-11-26-14-16;/h4,6-7,12,16H,5,8-11,13-15H2,1-3H3,(H2,22,23,24);1H. The van der Waals surface area contributed by atoms with E-state index in [1.807, 2.05) is 0 Å². The molecule has 1 heterocycles. The lowest BCUT2D eigenvalue weighted by atomic mass is 9.85. The lowest BCUT2D eigenvalue weighted by Gasteiger charge is -2.27. The van der Waals surface area contributed by atoms with Crippen molar-refractivity contribution in [2.24, 2.45) is 10.9 Å². The first-order valence-corrected chi connectivity index (χ1v) is 10.2. The average Bonchev–Trinajstić information content (AvgIpc) is 3.14. The molecule has 0 aromatic heterocycles. The van der Waals surface area contributed by atoms with Crippen LogP contribution in [0.2, 0.25) is 0 Å². The Labute approximate surface area is 189 Å². The largest absolute Gasteiger partial charge is 0.381 e. The molecule has 5 nitrogen and oxygen atoms in total. The van der Waals surface area contributed by atoms with E-state index in [0.29, 0.717) is 5.92 Å². The fraction of sp³-hybridized carbons (Fsp3) is 0.650. The first-order valence-electron chi connectivity index (χ1n) is 9.37. The summed E-state index contributed by atoms with van der Waals surface area (Å²) in [5.41, 5.74) is 1.30. The minimum Gasteiger partial charge on any atom is -0.381 e. The Morgan fingerprint density at radius 2 is 2.19 bits per heavy atom. The summed E-state index contributed by atoms with van der Waals surface area (Å²) in [4.78, 5) is 4.31. The van der Waals surface area contributed by atoms with Gasteiger partial charge >= 0.3 is 0 Å². The van der Waals surface area contributed by atoms with Gasteiger partial charge < -0.3 is 20.1 Å². The summed E-state index contributed by atoms with van der Waals surface area (Å²) < 4.78 is 12.2. The normalized spacial score (nSPS) is 17.5. The van der Waals surface area contributed by atoms with E-state index in [4.69, 9.17) is 9.47 Å². The third-order valence-corrected chi connectivity index (χ3v) is 5.16. The van der Waals surface area contributed by atoms with Crippen molar-refractivity contribution in [3.63, 3.8) is 0 Å². The highest BCUT2D eigenvalue weighted by molar-refractivity contribution is 14.0. The van der Waals surface area contributed by atoms with Crippen LogP contribution in [0.15, 0.2) is 33.7 Å². The minimum absolute atomic E-state index is 0. The molecule has 154 valence electrons. The molecule has 0 aliphatic carbocycles. The van der Waals surface area contributed by atoms with E-state index in [0.717, 1.165) is 62.8 Å². The zero-order valence-electron chi connectivity index (χ0n) is 16.6. The van der Waals surface area contributed by atoms with Gasteiger partial charge in [0.25, 0.3) is 0 Å². The first kappa shape index (κ1) is 24.7. The molecular formula is C20H33BrIN3O2. The van der Waals surface area contributed by atoms with Gasteiger partial charge in [0.1, 0.15) is 0 Å². The molecule has 0 saturated carbocycles. The number of halogens is 2. The van der Waals surface area contributed by atoms with E-state index in [9.17, 15) is 0 Å². The fourth-order valence-electron chi connectivity index (χ4n) is 2.88. The lowest BCUT2D eigenvalue weighted by Crippen LogP contribution is -2.43.